The molecule has 0 atom stereocenters. The van der Waals surface area contributed by atoms with Crippen molar-refractivity contribution in [3.05, 3.63) is 40.6 Å². The van der Waals surface area contributed by atoms with Crippen LogP contribution in [0.4, 0.5) is 11.5 Å². The summed E-state index contributed by atoms with van der Waals surface area (Å²) in [6, 6.07) is 6.31. The lowest BCUT2D eigenvalue weighted by atomic mass is 10.2. The summed E-state index contributed by atoms with van der Waals surface area (Å²) in [4.78, 5) is 14.6. The van der Waals surface area contributed by atoms with Gasteiger partial charge in [-0.2, -0.15) is 0 Å². The van der Waals surface area contributed by atoms with Gasteiger partial charge < -0.3 is 9.73 Å². The quantitative estimate of drug-likeness (QED) is 0.648. The van der Waals surface area contributed by atoms with E-state index in [0.717, 1.165) is 0 Å². The van der Waals surface area contributed by atoms with E-state index in [1.807, 2.05) is 6.92 Å². The zero-order valence-electron chi connectivity index (χ0n) is 9.21. The van der Waals surface area contributed by atoms with Crippen molar-refractivity contribution in [2.45, 2.75) is 6.92 Å². The molecule has 0 saturated heterocycles. The molecule has 2 rings (SSSR count). The normalized spacial score (nSPS) is 10.2. The summed E-state index contributed by atoms with van der Waals surface area (Å²) in [5, 5.41) is 13.9. The van der Waals surface area contributed by atoms with E-state index in [9.17, 15) is 10.1 Å². The van der Waals surface area contributed by atoms with Crippen LogP contribution in [0.3, 0.4) is 0 Å². The zero-order chi connectivity index (χ0) is 12.3. The first-order chi connectivity index (χ1) is 8.22. The predicted octanol–water partition coefficient (Wildman–Crippen LogP) is 2.68. The molecule has 1 N–H and O–H groups in total. The van der Waals surface area contributed by atoms with Crippen molar-refractivity contribution in [2.75, 3.05) is 11.9 Å². The van der Waals surface area contributed by atoms with Gasteiger partial charge in [-0.05, 0) is 25.1 Å². The minimum absolute atomic E-state index is 0.0680. The average molecular weight is 233 g/mol. The van der Waals surface area contributed by atoms with Gasteiger partial charge in [0.1, 0.15) is 5.82 Å². The summed E-state index contributed by atoms with van der Waals surface area (Å²) in [7, 11) is 0. The van der Waals surface area contributed by atoms with Crippen LogP contribution in [-0.2, 0) is 0 Å². The molecule has 2 heterocycles. The molecule has 0 saturated carbocycles. The van der Waals surface area contributed by atoms with Crippen LogP contribution in [0.25, 0.3) is 11.5 Å². The van der Waals surface area contributed by atoms with Crippen LogP contribution in [0.15, 0.2) is 34.9 Å². The van der Waals surface area contributed by atoms with Gasteiger partial charge in [0.2, 0.25) is 0 Å². The lowest BCUT2D eigenvalue weighted by Gasteiger charge is -2.04. The van der Waals surface area contributed by atoms with Gasteiger partial charge in [-0.3, -0.25) is 10.1 Å². The number of pyridine rings is 1. The molecule has 0 bridgehead atoms. The number of nitrogens with zero attached hydrogens (tertiary/aromatic N) is 2. The van der Waals surface area contributed by atoms with Crippen LogP contribution in [0.2, 0.25) is 0 Å². The lowest BCUT2D eigenvalue weighted by Crippen LogP contribution is -2.01. The van der Waals surface area contributed by atoms with Crippen molar-refractivity contribution in [1.29, 1.82) is 0 Å². The number of hydrogen-bond acceptors (Lipinski definition) is 5. The number of hydrogen-bond donors (Lipinski definition) is 1. The smallest absolute Gasteiger partial charge is 0.298 e. The zero-order valence-corrected chi connectivity index (χ0v) is 9.21. The van der Waals surface area contributed by atoms with Crippen LogP contribution in [-0.4, -0.2) is 16.5 Å². The van der Waals surface area contributed by atoms with E-state index in [0.29, 0.717) is 18.1 Å². The molecule has 17 heavy (non-hydrogen) atoms. The van der Waals surface area contributed by atoms with Gasteiger partial charge in [0, 0.05) is 12.6 Å². The Kier molecular flexibility index (Phi) is 3.04. The van der Waals surface area contributed by atoms with Crippen molar-refractivity contribution in [3.63, 3.8) is 0 Å². The minimum Gasteiger partial charge on any atom is -0.462 e. The topological polar surface area (TPSA) is 81.2 Å². The second kappa shape index (κ2) is 4.65. The maximum Gasteiger partial charge on any atom is 0.298 e. The Morgan fingerprint density at radius 3 is 2.88 bits per heavy atom. The van der Waals surface area contributed by atoms with E-state index in [1.54, 1.807) is 18.2 Å². The predicted molar refractivity (Wildman–Crippen MR) is 62.8 cm³/mol. The first-order valence-corrected chi connectivity index (χ1v) is 5.15. The third-order valence-electron chi connectivity index (χ3n) is 2.18. The second-order valence-corrected chi connectivity index (χ2v) is 3.33. The molecule has 0 spiro atoms. The molecule has 88 valence electrons. The highest BCUT2D eigenvalue weighted by molar-refractivity contribution is 5.67. The fourth-order valence-electron chi connectivity index (χ4n) is 1.47. The number of rotatable bonds is 4. The fourth-order valence-corrected chi connectivity index (χ4v) is 1.47. The third-order valence-corrected chi connectivity index (χ3v) is 2.18. The minimum atomic E-state index is -0.472. The Hall–Kier alpha value is -2.37. The van der Waals surface area contributed by atoms with Crippen LogP contribution < -0.4 is 5.32 Å². The lowest BCUT2D eigenvalue weighted by molar-refractivity contribution is -0.384. The van der Waals surface area contributed by atoms with Crippen molar-refractivity contribution in [1.82, 2.24) is 4.98 Å². The van der Waals surface area contributed by atoms with Gasteiger partial charge >= 0.3 is 0 Å². The summed E-state index contributed by atoms with van der Waals surface area (Å²) in [5.74, 6) is 0.973. The number of furan rings is 1. The molecule has 0 aliphatic rings. The molecule has 0 fully saturated rings. The maximum atomic E-state index is 10.9. The fraction of sp³-hybridized carbons (Fsp3) is 0.182. The Morgan fingerprint density at radius 1 is 1.47 bits per heavy atom. The van der Waals surface area contributed by atoms with Crippen molar-refractivity contribution >= 4 is 11.5 Å². The van der Waals surface area contributed by atoms with E-state index in [4.69, 9.17) is 4.42 Å². The highest BCUT2D eigenvalue weighted by atomic mass is 16.6. The second-order valence-electron chi connectivity index (χ2n) is 3.33. The van der Waals surface area contributed by atoms with E-state index >= 15 is 0 Å². The van der Waals surface area contributed by atoms with Crippen molar-refractivity contribution < 1.29 is 9.34 Å². The molecule has 0 unspecified atom stereocenters. The van der Waals surface area contributed by atoms with Crippen LogP contribution in [0.5, 0.6) is 0 Å². The number of aromatic nitrogens is 1. The Bertz CT molecular complexity index is 523. The Balaban J connectivity index is 2.52. The van der Waals surface area contributed by atoms with Crippen LogP contribution in [0.1, 0.15) is 6.92 Å². The van der Waals surface area contributed by atoms with Gasteiger partial charge in [-0.1, -0.05) is 0 Å². The van der Waals surface area contributed by atoms with Crippen LogP contribution in [0, 0.1) is 10.1 Å². The molecule has 6 heteroatoms. The summed E-state index contributed by atoms with van der Waals surface area (Å²) >= 11 is 0. The molecular weight excluding hydrogens is 222 g/mol. The van der Waals surface area contributed by atoms with Crippen LogP contribution >= 0.6 is 0 Å². The largest absolute Gasteiger partial charge is 0.462 e. The average Bonchev–Trinajstić information content (AvgIpc) is 2.82. The van der Waals surface area contributed by atoms with Crippen molar-refractivity contribution in [3.8, 4) is 11.5 Å². The number of anilines is 1. The standard InChI is InChI=1S/C11H11N3O3/c1-2-12-10-6-5-8(14(15)16)11(13-10)9-4-3-7-17-9/h3-7H,2H2,1H3,(H,12,13). The number of nitrogens with one attached hydrogen (secondary N) is 1. The Labute approximate surface area is 97.4 Å². The van der Waals surface area contributed by atoms with Gasteiger partial charge in [-0.25, -0.2) is 4.98 Å². The van der Waals surface area contributed by atoms with E-state index in [1.165, 1.54) is 12.3 Å². The van der Waals surface area contributed by atoms with Gasteiger partial charge in [0.05, 0.1) is 11.2 Å². The maximum absolute atomic E-state index is 10.9. The van der Waals surface area contributed by atoms with Gasteiger partial charge in [-0.15, -0.1) is 0 Å². The molecule has 2 aromatic rings. The SMILES string of the molecule is CCNc1ccc([N+](=O)[O-])c(-c2ccco2)n1. The first kappa shape index (κ1) is 11.1. The van der Waals surface area contributed by atoms with Gasteiger partial charge in [0.25, 0.3) is 5.69 Å². The van der Waals surface area contributed by atoms with E-state index in [2.05, 4.69) is 10.3 Å². The molecule has 0 aliphatic carbocycles. The van der Waals surface area contributed by atoms with E-state index in [-0.39, 0.29) is 11.4 Å². The van der Waals surface area contributed by atoms with Gasteiger partial charge in [0.15, 0.2) is 11.5 Å². The molecule has 0 amide bonds. The summed E-state index contributed by atoms with van der Waals surface area (Å²) in [6.07, 6.45) is 1.46. The Morgan fingerprint density at radius 2 is 2.29 bits per heavy atom. The highest BCUT2D eigenvalue weighted by Crippen LogP contribution is 2.29. The summed E-state index contributed by atoms with van der Waals surface area (Å²) in [6.45, 7) is 2.62. The summed E-state index contributed by atoms with van der Waals surface area (Å²) in [5.41, 5.74) is 0.167. The molecule has 0 aliphatic heterocycles. The van der Waals surface area contributed by atoms with Crippen molar-refractivity contribution in [2.24, 2.45) is 0 Å². The highest BCUT2D eigenvalue weighted by Gasteiger charge is 2.19. The molecule has 0 radical (unpaired) electrons. The number of nitro groups is 1. The molecule has 6 nitrogen and oxygen atoms in total. The van der Waals surface area contributed by atoms with E-state index < -0.39 is 4.92 Å². The third kappa shape index (κ3) is 2.25. The molecule has 0 aromatic carbocycles. The monoisotopic (exact) mass is 233 g/mol. The summed E-state index contributed by atoms with van der Waals surface area (Å²) < 4.78 is 5.15. The first-order valence-electron chi connectivity index (χ1n) is 5.15. The molecule has 2 aromatic heterocycles. The molecular formula is C11H11N3O3.